The van der Waals surface area contributed by atoms with Crippen molar-refractivity contribution < 1.29 is 0 Å². The Morgan fingerprint density at radius 3 is 1.66 bits per heavy atom. The second-order valence-electron chi connectivity index (χ2n) is 25.0. The Balaban J connectivity index is 0.795. The van der Waals surface area contributed by atoms with Crippen LogP contribution in [0.1, 0.15) is 23.1 Å². The maximum atomic E-state index is 5.75. The van der Waals surface area contributed by atoms with Gasteiger partial charge in [0.1, 0.15) is 5.84 Å². The first kappa shape index (κ1) is 53.6. The van der Waals surface area contributed by atoms with Gasteiger partial charge in [-0.25, -0.2) is 15.0 Å². The number of aromatic nitrogens is 5. The van der Waals surface area contributed by atoms with Crippen LogP contribution in [0.3, 0.4) is 0 Å². The van der Waals surface area contributed by atoms with Gasteiger partial charge in [-0.2, -0.15) is 0 Å². The van der Waals surface area contributed by atoms with Gasteiger partial charge in [-0.1, -0.05) is 243 Å². The molecule has 440 valence electrons. The van der Waals surface area contributed by atoms with E-state index >= 15 is 0 Å². The van der Waals surface area contributed by atoms with E-state index in [0.717, 1.165) is 99.7 Å². The quantitative estimate of drug-likeness (QED) is 0.149. The third-order valence-corrected chi connectivity index (χ3v) is 19.8. The fourth-order valence-electron chi connectivity index (χ4n) is 15.5. The number of aryl methyl sites for hydroxylation is 2. The minimum absolute atomic E-state index is 0.642. The normalized spacial score (nSPS) is 12.7. The lowest BCUT2D eigenvalue weighted by Crippen LogP contribution is -2.25. The molecule has 0 atom stereocenters. The predicted molar refractivity (Wildman–Crippen MR) is 394 cm³/mol. The van der Waals surface area contributed by atoms with Crippen LogP contribution in [0.25, 0.3) is 166 Å². The minimum atomic E-state index is 0.642. The fourth-order valence-corrected chi connectivity index (χ4v) is 15.5. The molecule has 0 amide bonds. The van der Waals surface area contributed by atoms with Crippen LogP contribution in [-0.2, 0) is 0 Å². The first-order valence-electron chi connectivity index (χ1n) is 32.4. The van der Waals surface area contributed by atoms with Gasteiger partial charge in [0.05, 0.1) is 50.0 Å². The third kappa shape index (κ3) is 8.26. The molecule has 6 heteroatoms. The van der Waals surface area contributed by atoms with Crippen molar-refractivity contribution in [2.75, 3.05) is 0 Å². The van der Waals surface area contributed by atoms with Gasteiger partial charge in [0, 0.05) is 71.5 Å². The number of aliphatic imine (C=N–C) groups is 1. The molecule has 0 radical (unpaired) electrons. The number of rotatable bonds is 7. The summed E-state index contributed by atoms with van der Waals surface area (Å²) in [5.41, 5.74) is 22.2. The van der Waals surface area contributed by atoms with Crippen LogP contribution in [0.5, 0.6) is 0 Å². The van der Waals surface area contributed by atoms with E-state index in [9.17, 15) is 0 Å². The van der Waals surface area contributed by atoms with Gasteiger partial charge in [-0.15, -0.1) is 0 Å². The summed E-state index contributed by atoms with van der Waals surface area (Å²) in [5, 5.41) is 15.2. The molecule has 5 heterocycles. The Morgan fingerprint density at radius 1 is 0.351 bits per heavy atom. The monoisotopic (exact) mass is 1200 g/mol. The van der Waals surface area contributed by atoms with E-state index in [-0.39, 0.29) is 0 Å². The summed E-state index contributed by atoms with van der Waals surface area (Å²) in [6.45, 7) is 4.58. The summed E-state index contributed by atoms with van der Waals surface area (Å²) in [5.74, 6) is 1.61. The Kier molecular flexibility index (Phi) is 12.1. The summed E-state index contributed by atoms with van der Waals surface area (Å²) >= 11 is 0. The zero-order valence-electron chi connectivity index (χ0n) is 51.8. The lowest BCUT2D eigenvalue weighted by molar-refractivity contribution is 1.01. The third-order valence-electron chi connectivity index (χ3n) is 19.8. The highest BCUT2D eigenvalue weighted by atomic mass is 15.2. The summed E-state index contributed by atoms with van der Waals surface area (Å²) in [6, 6.07) is 108. The molecule has 18 aromatic rings. The standard InChI is InChI=1S/C88H58N6/c1-54-50-60(39-44-65(54)82-55(2)87-83(71-34-17-16-33-70(71)82)72-35-19-21-37-77(72)94(87)88-90-85(59-26-8-4-9-27-59)73-46-38-56-22-13-15-31-67(56)86(73)91-88)63-40-45-69-75-52-62(61-41-47-78-74(51-61)68-32-18-20-36-76(68)92(78)64-28-10-5-11-29-64)42-48-79(75)93(80(69)53-63)81-49-43-57-23-12-14-30-66(57)84(89-81)58-24-6-3-7-25-58/h3-48,50-53H,49H2,1-2H3. The predicted octanol–water partition coefficient (Wildman–Crippen LogP) is 20.8. The van der Waals surface area contributed by atoms with Gasteiger partial charge >= 0.3 is 0 Å². The summed E-state index contributed by atoms with van der Waals surface area (Å²) in [7, 11) is 0. The molecule has 14 aromatic carbocycles. The molecule has 0 saturated heterocycles. The smallest absolute Gasteiger partial charge is 0.235 e. The summed E-state index contributed by atoms with van der Waals surface area (Å²) in [4.78, 5) is 17.0. The molecule has 4 aromatic heterocycles. The molecule has 0 bridgehead atoms. The molecular weight excluding hydrogens is 1140 g/mol. The van der Waals surface area contributed by atoms with E-state index < -0.39 is 0 Å². The molecule has 19 rings (SSSR count). The molecular formula is C88H58N6. The highest BCUT2D eigenvalue weighted by molar-refractivity contribution is 6.26. The molecule has 0 fully saturated rings. The van der Waals surface area contributed by atoms with Gasteiger partial charge in [0.15, 0.2) is 0 Å². The second-order valence-corrected chi connectivity index (χ2v) is 25.0. The minimum Gasteiger partial charge on any atom is -0.309 e. The van der Waals surface area contributed by atoms with Crippen LogP contribution in [0.2, 0.25) is 0 Å². The van der Waals surface area contributed by atoms with Crippen LogP contribution in [0.4, 0.5) is 0 Å². The van der Waals surface area contributed by atoms with Crippen LogP contribution >= 0.6 is 0 Å². The lowest BCUT2D eigenvalue weighted by atomic mass is 9.87. The highest BCUT2D eigenvalue weighted by Gasteiger charge is 2.26. The van der Waals surface area contributed by atoms with Gasteiger partial charge in [0.25, 0.3) is 0 Å². The number of para-hydroxylation sites is 3. The van der Waals surface area contributed by atoms with Crippen molar-refractivity contribution in [3.05, 3.63) is 324 Å². The SMILES string of the molecule is Cc1cc(-c2ccc3c4cc(-c5ccc6c(c5)c5ccccc5n6-c5ccccc5)ccc4n(C4=NC(c5ccccc5)=c5ccccc5=CC4)c3c2)ccc1-c1c(C)c2c(c3ccccc13)c1ccccc1n2-c1nc(-c2ccccc2)c2ccc3ccccc3c2n1. The molecule has 94 heavy (non-hydrogen) atoms. The van der Waals surface area contributed by atoms with Crippen molar-refractivity contribution in [1.29, 1.82) is 0 Å². The van der Waals surface area contributed by atoms with Gasteiger partial charge in [-0.05, 0) is 140 Å². The number of hydrogen-bond donors (Lipinski definition) is 0. The van der Waals surface area contributed by atoms with Crippen molar-refractivity contribution in [3.63, 3.8) is 0 Å². The molecule has 0 spiro atoms. The van der Waals surface area contributed by atoms with E-state index in [1.54, 1.807) is 0 Å². The summed E-state index contributed by atoms with van der Waals surface area (Å²) < 4.78 is 7.16. The zero-order valence-corrected chi connectivity index (χ0v) is 51.8. The molecule has 1 aliphatic heterocycles. The number of benzene rings is 14. The van der Waals surface area contributed by atoms with E-state index in [1.165, 1.54) is 87.2 Å². The Bertz CT molecular complexity index is 6390. The lowest BCUT2D eigenvalue weighted by Gasteiger charge is -2.18. The molecule has 0 N–H and O–H groups in total. The molecule has 0 saturated carbocycles. The first-order chi connectivity index (χ1) is 46.5. The van der Waals surface area contributed by atoms with Gasteiger partial charge in [-0.3, -0.25) is 9.13 Å². The van der Waals surface area contributed by atoms with E-state index in [2.05, 4.69) is 331 Å². The average Bonchev–Trinajstić information content (AvgIpc) is 1.51. The Labute approximate surface area is 541 Å². The van der Waals surface area contributed by atoms with Crippen molar-refractivity contribution >= 4 is 115 Å². The Morgan fingerprint density at radius 2 is 0.904 bits per heavy atom. The van der Waals surface area contributed by atoms with Crippen molar-refractivity contribution in [3.8, 4) is 56.3 Å². The summed E-state index contributed by atoms with van der Waals surface area (Å²) in [6.07, 6.45) is 2.99. The largest absolute Gasteiger partial charge is 0.309 e. The number of nitrogens with zero attached hydrogens (tertiary/aromatic N) is 6. The van der Waals surface area contributed by atoms with Crippen LogP contribution in [0, 0.1) is 13.8 Å². The molecule has 6 nitrogen and oxygen atoms in total. The van der Waals surface area contributed by atoms with E-state index in [0.29, 0.717) is 12.4 Å². The molecule has 0 aliphatic carbocycles. The average molecular weight is 1200 g/mol. The molecule has 1 aliphatic rings. The topological polar surface area (TPSA) is 52.9 Å². The number of fused-ring (bicyclic) bond motifs is 15. The zero-order chi connectivity index (χ0) is 62.1. The van der Waals surface area contributed by atoms with Crippen LogP contribution < -0.4 is 10.4 Å². The fraction of sp³-hybridized carbons (Fsp3) is 0.0341. The Hall–Kier alpha value is -12.3. The highest BCUT2D eigenvalue weighted by Crippen LogP contribution is 2.47. The van der Waals surface area contributed by atoms with Gasteiger partial charge < -0.3 is 4.57 Å². The second kappa shape index (κ2) is 21.2. The van der Waals surface area contributed by atoms with Gasteiger partial charge in [0.2, 0.25) is 5.95 Å². The first-order valence-corrected chi connectivity index (χ1v) is 32.4. The van der Waals surface area contributed by atoms with E-state index in [4.69, 9.17) is 15.0 Å². The van der Waals surface area contributed by atoms with Crippen molar-refractivity contribution in [2.45, 2.75) is 20.3 Å². The van der Waals surface area contributed by atoms with Crippen molar-refractivity contribution in [2.24, 2.45) is 4.99 Å². The maximum Gasteiger partial charge on any atom is 0.235 e. The van der Waals surface area contributed by atoms with Crippen LogP contribution in [0.15, 0.2) is 302 Å². The molecule has 0 unspecified atom stereocenters. The number of hydrogen-bond acceptors (Lipinski definition) is 3. The van der Waals surface area contributed by atoms with Crippen molar-refractivity contribution in [1.82, 2.24) is 23.7 Å². The van der Waals surface area contributed by atoms with Crippen LogP contribution in [-0.4, -0.2) is 29.5 Å². The van der Waals surface area contributed by atoms with E-state index in [1.807, 2.05) is 0 Å². The maximum absolute atomic E-state index is 5.75.